The average molecular weight is 270 g/mol. The maximum Gasteiger partial charge on any atom is 0.185 e. The fraction of sp³-hybridized carbons (Fsp3) is 0.769. The fourth-order valence-corrected chi connectivity index (χ4v) is 3.08. The van der Waals surface area contributed by atoms with Gasteiger partial charge in [-0.15, -0.1) is 11.3 Å². The molecular formula is C13H26N4S. The summed E-state index contributed by atoms with van der Waals surface area (Å²) in [5.74, 6) is 0. The van der Waals surface area contributed by atoms with Gasteiger partial charge in [0.05, 0.1) is 5.69 Å². The molecule has 0 aliphatic carbocycles. The van der Waals surface area contributed by atoms with Crippen molar-refractivity contribution in [3.63, 3.8) is 0 Å². The Morgan fingerprint density at radius 2 is 2.17 bits per heavy atom. The lowest BCUT2D eigenvalue weighted by atomic mass is 10.3. The number of hydrogen-bond donors (Lipinski definition) is 1. The molecule has 0 fully saturated rings. The van der Waals surface area contributed by atoms with E-state index in [0.29, 0.717) is 6.04 Å². The Morgan fingerprint density at radius 1 is 1.44 bits per heavy atom. The van der Waals surface area contributed by atoms with Crippen LogP contribution in [0.1, 0.15) is 19.5 Å². The minimum absolute atomic E-state index is 0.494. The molecule has 1 N–H and O–H groups in total. The van der Waals surface area contributed by atoms with Gasteiger partial charge in [-0.25, -0.2) is 4.98 Å². The molecule has 18 heavy (non-hydrogen) atoms. The van der Waals surface area contributed by atoms with Gasteiger partial charge in [0.15, 0.2) is 5.13 Å². The minimum Gasteiger partial charge on any atom is -0.344 e. The second kappa shape index (κ2) is 7.71. The first-order valence-electron chi connectivity index (χ1n) is 6.58. The number of likely N-dealkylation sites (N-methyl/N-ethyl adjacent to an activating group) is 3. The van der Waals surface area contributed by atoms with E-state index in [2.05, 4.69) is 48.4 Å². The topological polar surface area (TPSA) is 31.4 Å². The summed E-state index contributed by atoms with van der Waals surface area (Å²) < 4.78 is 0. The normalized spacial score (nSPS) is 13.0. The van der Waals surface area contributed by atoms with Crippen LogP contribution in [0.25, 0.3) is 0 Å². The third-order valence-corrected chi connectivity index (χ3v) is 3.85. The Morgan fingerprint density at radius 3 is 2.72 bits per heavy atom. The molecule has 0 bridgehead atoms. The standard InChI is InChI=1S/C13H26N4S/c1-6-17(11(2)9-16(4)5)13-15-12(10-18-13)7-8-14-3/h10-11,14H,6-9H2,1-5H3. The van der Waals surface area contributed by atoms with Gasteiger partial charge in [0.25, 0.3) is 0 Å². The van der Waals surface area contributed by atoms with Gasteiger partial charge < -0.3 is 15.1 Å². The molecule has 0 amide bonds. The second-order valence-electron chi connectivity index (χ2n) is 4.87. The van der Waals surface area contributed by atoms with Gasteiger partial charge in [0.1, 0.15) is 0 Å². The zero-order valence-corrected chi connectivity index (χ0v) is 13.0. The van der Waals surface area contributed by atoms with E-state index in [9.17, 15) is 0 Å². The molecule has 1 aromatic rings. The zero-order valence-electron chi connectivity index (χ0n) is 12.2. The maximum absolute atomic E-state index is 4.73. The van der Waals surface area contributed by atoms with Gasteiger partial charge in [-0.2, -0.15) is 0 Å². The summed E-state index contributed by atoms with van der Waals surface area (Å²) in [5.41, 5.74) is 1.19. The van der Waals surface area contributed by atoms with Crippen molar-refractivity contribution >= 4 is 16.5 Å². The number of nitrogens with one attached hydrogen (secondary N) is 1. The largest absolute Gasteiger partial charge is 0.344 e. The smallest absolute Gasteiger partial charge is 0.185 e. The highest BCUT2D eigenvalue weighted by Gasteiger charge is 2.16. The number of thiazole rings is 1. The van der Waals surface area contributed by atoms with Crippen molar-refractivity contribution in [2.45, 2.75) is 26.3 Å². The Balaban J connectivity index is 2.66. The van der Waals surface area contributed by atoms with E-state index in [1.165, 1.54) is 5.69 Å². The minimum atomic E-state index is 0.494. The summed E-state index contributed by atoms with van der Waals surface area (Å²) in [6.07, 6.45) is 1.01. The highest BCUT2D eigenvalue weighted by atomic mass is 32.1. The Bertz CT molecular complexity index is 337. The predicted octanol–water partition coefficient (Wildman–Crippen LogP) is 1.68. The van der Waals surface area contributed by atoms with Crippen molar-refractivity contribution in [2.24, 2.45) is 0 Å². The highest BCUT2D eigenvalue weighted by molar-refractivity contribution is 7.13. The van der Waals surface area contributed by atoms with Crippen molar-refractivity contribution in [1.82, 2.24) is 15.2 Å². The van der Waals surface area contributed by atoms with Crippen LogP contribution in [-0.4, -0.2) is 56.7 Å². The summed E-state index contributed by atoms with van der Waals surface area (Å²) in [7, 11) is 6.21. The predicted molar refractivity (Wildman–Crippen MR) is 80.8 cm³/mol. The number of anilines is 1. The van der Waals surface area contributed by atoms with Gasteiger partial charge in [-0.05, 0) is 35.0 Å². The quantitative estimate of drug-likeness (QED) is 0.779. The molecule has 0 aliphatic rings. The summed E-state index contributed by atoms with van der Waals surface area (Å²) in [6, 6.07) is 0.494. The van der Waals surface area contributed by atoms with E-state index >= 15 is 0 Å². The van der Waals surface area contributed by atoms with Crippen molar-refractivity contribution in [3.8, 4) is 0 Å². The monoisotopic (exact) mass is 270 g/mol. The first kappa shape index (κ1) is 15.4. The molecule has 1 atom stereocenters. The Labute approximate surface area is 115 Å². The molecule has 1 aromatic heterocycles. The summed E-state index contributed by atoms with van der Waals surface area (Å²) >= 11 is 1.76. The second-order valence-corrected chi connectivity index (χ2v) is 5.71. The van der Waals surface area contributed by atoms with Gasteiger partial charge in [0, 0.05) is 37.5 Å². The maximum atomic E-state index is 4.73. The van der Waals surface area contributed by atoms with Crippen LogP contribution in [0.3, 0.4) is 0 Å². The molecule has 4 nitrogen and oxygen atoms in total. The molecule has 5 heteroatoms. The van der Waals surface area contributed by atoms with Crippen LogP contribution in [0.5, 0.6) is 0 Å². The Hall–Kier alpha value is -0.650. The van der Waals surface area contributed by atoms with Crippen molar-refractivity contribution in [3.05, 3.63) is 11.1 Å². The van der Waals surface area contributed by atoms with Gasteiger partial charge in [0.2, 0.25) is 0 Å². The lowest BCUT2D eigenvalue weighted by Crippen LogP contribution is -2.40. The Kier molecular flexibility index (Phi) is 6.60. The number of nitrogens with zero attached hydrogens (tertiary/aromatic N) is 3. The van der Waals surface area contributed by atoms with Gasteiger partial charge in [-0.1, -0.05) is 0 Å². The molecule has 1 rings (SSSR count). The molecule has 0 radical (unpaired) electrons. The number of aromatic nitrogens is 1. The van der Waals surface area contributed by atoms with Crippen LogP contribution in [0.15, 0.2) is 5.38 Å². The van der Waals surface area contributed by atoms with E-state index in [1.807, 2.05) is 7.05 Å². The van der Waals surface area contributed by atoms with Crippen LogP contribution in [0, 0.1) is 0 Å². The van der Waals surface area contributed by atoms with Crippen molar-refractivity contribution in [2.75, 3.05) is 45.7 Å². The van der Waals surface area contributed by atoms with Crippen LogP contribution < -0.4 is 10.2 Å². The summed E-state index contributed by atoms with van der Waals surface area (Å²) in [4.78, 5) is 9.34. The molecule has 0 spiro atoms. The van der Waals surface area contributed by atoms with Crippen molar-refractivity contribution in [1.29, 1.82) is 0 Å². The zero-order chi connectivity index (χ0) is 13.5. The highest BCUT2D eigenvalue weighted by Crippen LogP contribution is 2.22. The van der Waals surface area contributed by atoms with Crippen LogP contribution in [0.2, 0.25) is 0 Å². The van der Waals surface area contributed by atoms with E-state index in [1.54, 1.807) is 11.3 Å². The third-order valence-electron chi connectivity index (χ3n) is 2.92. The lowest BCUT2D eigenvalue weighted by Gasteiger charge is -2.29. The first-order valence-corrected chi connectivity index (χ1v) is 7.46. The van der Waals surface area contributed by atoms with Gasteiger partial charge >= 0.3 is 0 Å². The molecule has 0 saturated carbocycles. The molecular weight excluding hydrogens is 244 g/mol. The van der Waals surface area contributed by atoms with Crippen molar-refractivity contribution < 1.29 is 0 Å². The van der Waals surface area contributed by atoms with Crippen LogP contribution in [-0.2, 0) is 6.42 Å². The van der Waals surface area contributed by atoms with Crippen LogP contribution in [0.4, 0.5) is 5.13 Å². The van der Waals surface area contributed by atoms with E-state index in [-0.39, 0.29) is 0 Å². The molecule has 104 valence electrons. The van der Waals surface area contributed by atoms with Gasteiger partial charge in [-0.3, -0.25) is 0 Å². The number of hydrogen-bond acceptors (Lipinski definition) is 5. The summed E-state index contributed by atoms with van der Waals surface area (Å²) in [5, 5.41) is 6.49. The molecule has 1 unspecified atom stereocenters. The number of rotatable bonds is 8. The van der Waals surface area contributed by atoms with E-state index < -0.39 is 0 Å². The SMILES string of the molecule is CCN(c1nc(CCNC)cs1)C(C)CN(C)C. The average Bonchev–Trinajstić information content (AvgIpc) is 2.75. The first-order chi connectivity index (χ1) is 8.58. The lowest BCUT2D eigenvalue weighted by molar-refractivity contribution is 0.373. The van der Waals surface area contributed by atoms with Crippen LogP contribution >= 0.6 is 11.3 Å². The van der Waals surface area contributed by atoms with E-state index in [4.69, 9.17) is 4.98 Å². The fourth-order valence-electron chi connectivity index (χ4n) is 2.06. The molecule has 0 saturated heterocycles. The third kappa shape index (κ3) is 4.55. The summed E-state index contributed by atoms with van der Waals surface area (Å²) in [6.45, 7) is 7.51. The van der Waals surface area contributed by atoms with E-state index in [0.717, 1.165) is 31.2 Å². The molecule has 0 aromatic carbocycles. The molecule has 0 aliphatic heterocycles. The molecule has 1 heterocycles.